The molecule has 3 aliphatic rings. The first-order chi connectivity index (χ1) is 14.4. The van der Waals surface area contributed by atoms with Crippen LogP contribution in [-0.4, -0.2) is 25.9 Å². The fourth-order valence-corrected chi connectivity index (χ4v) is 5.21. The Hall–Kier alpha value is -3.90. The van der Waals surface area contributed by atoms with Crippen LogP contribution in [0.4, 0.5) is 11.4 Å². The van der Waals surface area contributed by atoms with Gasteiger partial charge in [-0.2, -0.15) is 10.5 Å². The zero-order chi connectivity index (χ0) is 21.3. The normalized spacial score (nSPS) is 27.6. The molecular weight excluding hydrogens is 376 g/mol. The van der Waals surface area contributed by atoms with Crippen LogP contribution in [0, 0.1) is 28.1 Å². The van der Waals surface area contributed by atoms with Gasteiger partial charge < -0.3 is 9.80 Å². The fourth-order valence-electron chi connectivity index (χ4n) is 5.21. The summed E-state index contributed by atoms with van der Waals surface area (Å²) in [4.78, 5) is 29.3. The van der Waals surface area contributed by atoms with Gasteiger partial charge in [-0.05, 0) is 24.1 Å². The molecular formula is C24H18N4O2. The summed E-state index contributed by atoms with van der Waals surface area (Å²) in [6, 6.07) is 19.3. The Morgan fingerprint density at radius 2 is 1.67 bits per heavy atom. The summed E-state index contributed by atoms with van der Waals surface area (Å²) in [7, 11) is 3.39. The van der Waals surface area contributed by atoms with E-state index >= 15 is 0 Å². The Bertz CT molecular complexity index is 1260. The highest BCUT2D eigenvalue weighted by atomic mass is 16.2. The minimum absolute atomic E-state index is 0.0666. The summed E-state index contributed by atoms with van der Waals surface area (Å²) in [6.45, 7) is 0. The van der Waals surface area contributed by atoms with Crippen LogP contribution in [0.1, 0.15) is 24.0 Å². The monoisotopic (exact) mass is 394 g/mol. The Kier molecular flexibility index (Phi) is 3.51. The number of carbonyl (C=O) groups is 2. The van der Waals surface area contributed by atoms with E-state index in [1.165, 1.54) is 4.90 Å². The predicted octanol–water partition coefficient (Wildman–Crippen LogP) is 3.16. The molecule has 6 nitrogen and oxygen atoms in total. The van der Waals surface area contributed by atoms with Gasteiger partial charge in [-0.3, -0.25) is 9.59 Å². The van der Waals surface area contributed by atoms with Gasteiger partial charge in [-0.15, -0.1) is 0 Å². The van der Waals surface area contributed by atoms with Crippen LogP contribution in [0.3, 0.4) is 0 Å². The maximum atomic E-state index is 13.2. The molecule has 0 radical (unpaired) electrons. The summed E-state index contributed by atoms with van der Waals surface area (Å²) in [5, 5.41) is 20.1. The van der Waals surface area contributed by atoms with Crippen LogP contribution in [-0.2, 0) is 15.0 Å². The Morgan fingerprint density at radius 3 is 2.37 bits per heavy atom. The van der Waals surface area contributed by atoms with Crippen molar-refractivity contribution in [2.75, 3.05) is 23.9 Å². The molecule has 0 bridgehead atoms. The number of hydrogen-bond acceptors (Lipinski definition) is 4. The van der Waals surface area contributed by atoms with Gasteiger partial charge in [-0.1, -0.05) is 36.4 Å². The van der Waals surface area contributed by atoms with Crippen LogP contribution >= 0.6 is 0 Å². The van der Waals surface area contributed by atoms with Crippen molar-refractivity contribution in [3.05, 3.63) is 65.2 Å². The minimum Gasteiger partial charge on any atom is -0.314 e. The van der Waals surface area contributed by atoms with Gasteiger partial charge >= 0.3 is 0 Å². The molecule has 5 rings (SSSR count). The van der Waals surface area contributed by atoms with E-state index in [1.807, 2.05) is 48.5 Å². The maximum absolute atomic E-state index is 13.2. The first kappa shape index (κ1) is 18.1. The van der Waals surface area contributed by atoms with Crippen LogP contribution < -0.4 is 9.80 Å². The molecule has 2 amide bonds. The topological polar surface area (TPSA) is 88.2 Å². The second-order valence-electron chi connectivity index (χ2n) is 8.18. The zero-order valence-corrected chi connectivity index (χ0v) is 16.6. The van der Waals surface area contributed by atoms with E-state index in [9.17, 15) is 20.1 Å². The second-order valence-corrected chi connectivity index (χ2v) is 8.18. The van der Waals surface area contributed by atoms with Gasteiger partial charge in [0.25, 0.3) is 5.91 Å². The van der Waals surface area contributed by atoms with E-state index in [2.05, 4.69) is 12.1 Å². The summed E-state index contributed by atoms with van der Waals surface area (Å²) >= 11 is 0. The number of carbonyl (C=O) groups excluding carboxylic acids is 2. The predicted molar refractivity (Wildman–Crippen MR) is 111 cm³/mol. The lowest BCUT2D eigenvalue weighted by Gasteiger charge is -2.16. The molecule has 30 heavy (non-hydrogen) atoms. The number of likely N-dealkylation sites (N-methyl/N-ethyl adjacent to an activating group) is 2. The summed E-state index contributed by atoms with van der Waals surface area (Å²) in [6.07, 6.45) is 0.415. The number of anilines is 2. The first-order valence-electron chi connectivity index (χ1n) is 9.71. The third-order valence-electron chi connectivity index (χ3n) is 6.84. The third kappa shape index (κ3) is 1.96. The Labute approximate surface area is 174 Å². The molecule has 2 aromatic rings. The van der Waals surface area contributed by atoms with Gasteiger partial charge in [0.05, 0.1) is 34.2 Å². The summed E-state index contributed by atoms with van der Waals surface area (Å²) in [5.74, 6) is -0.381. The van der Waals surface area contributed by atoms with Gasteiger partial charge in [0.2, 0.25) is 5.91 Å². The molecule has 1 aliphatic carbocycles. The summed E-state index contributed by atoms with van der Waals surface area (Å²) in [5.41, 5.74) is 1.66. The number of rotatable bonds is 2. The number of nitrogens with zero attached hydrogens (tertiary/aromatic N) is 4. The average molecular weight is 394 g/mol. The minimum atomic E-state index is -1.04. The molecule has 2 aromatic carbocycles. The van der Waals surface area contributed by atoms with Crippen LogP contribution in [0.15, 0.2) is 54.1 Å². The van der Waals surface area contributed by atoms with E-state index in [-0.39, 0.29) is 23.8 Å². The van der Waals surface area contributed by atoms with E-state index in [4.69, 9.17) is 0 Å². The molecule has 146 valence electrons. The van der Waals surface area contributed by atoms with E-state index in [0.29, 0.717) is 17.6 Å². The Balaban J connectivity index is 1.64. The number of allylic oxidation sites excluding steroid dienone is 1. The lowest BCUT2D eigenvalue weighted by atomic mass is 9.82. The van der Waals surface area contributed by atoms with Crippen LogP contribution in [0.2, 0.25) is 0 Å². The van der Waals surface area contributed by atoms with Crippen LogP contribution in [0.25, 0.3) is 5.57 Å². The first-order valence-corrected chi connectivity index (χ1v) is 9.71. The Morgan fingerprint density at radius 1 is 1.00 bits per heavy atom. The number of nitriles is 2. The SMILES string of the molecule is CN1C(=O)/C(=C(/C#N)C[C@@]2(C#N)C[C@]23C(=O)N(C)c2ccccc23)c2ccccc21. The number of benzene rings is 2. The van der Waals surface area contributed by atoms with E-state index in [1.54, 1.807) is 19.0 Å². The van der Waals surface area contributed by atoms with Crippen molar-refractivity contribution in [1.82, 2.24) is 0 Å². The number of hydrogen-bond donors (Lipinski definition) is 0. The van der Waals surface area contributed by atoms with Crippen molar-refractivity contribution in [3.8, 4) is 12.1 Å². The number of fused-ring (bicyclic) bond motifs is 3. The molecule has 2 heterocycles. The molecule has 2 atom stereocenters. The molecule has 2 aliphatic heterocycles. The highest BCUT2D eigenvalue weighted by molar-refractivity contribution is 6.33. The van der Waals surface area contributed by atoms with Crippen molar-refractivity contribution in [2.24, 2.45) is 5.41 Å². The lowest BCUT2D eigenvalue weighted by molar-refractivity contribution is -0.120. The van der Waals surface area contributed by atoms with Crippen molar-refractivity contribution in [1.29, 1.82) is 10.5 Å². The smallest absolute Gasteiger partial charge is 0.259 e. The van der Waals surface area contributed by atoms with Gasteiger partial charge in [0.15, 0.2) is 0 Å². The molecule has 1 fully saturated rings. The average Bonchev–Trinajstić information content (AvgIpc) is 3.32. The molecule has 6 heteroatoms. The molecule has 0 aromatic heterocycles. The largest absolute Gasteiger partial charge is 0.314 e. The highest BCUT2D eigenvalue weighted by Gasteiger charge is 2.77. The van der Waals surface area contributed by atoms with Gasteiger partial charge in [0.1, 0.15) is 0 Å². The van der Waals surface area contributed by atoms with Gasteiger partial charge in [0, 0.05) is 37.3 Å². The quantitative estimate of drug-likeness (QED) is 0.578. The molecule has 0 unspecified atom stereocenters. The van der Waals surface area contributed by atoms with Gasteiger partial charge in [-0.25, -0.2) is 0 Å². The number of para-hydroxylation sites is 2. The van der Waals surface area contributed by atoms with Crippen molar-refractivity contribution in [3.63, 3.8) is 0 Å². The van der Waals surface area contributed by atoms with Crippen molar-refractivity contribution < 1.29 is 9.59 Å². The van der Waals surface area contributed by atoms with Crippen molar-refractivity contribution >= 4 is 28.8 Å². The second kappa shape index (κ2) is 5.81. The van der Waals surface area contributed by atoms with E-state index in [0.717, 1.165) is 16.9 Å². The lowest BCUT2D eigenvalue weighted by Crippen LogP contribution is -2.32. The number of amides is 2. The van der Waals surface area contributed by atoms with Crippen LogP contribution in [0.5, 0.6) is 0 Å². The standard InChI is InChI=1S/C24H18N4O2/c1-27-18-9-5-3-7-16(18)20(21(27)29)15(12-25)11-23(14-26)13-24(23)17-8-4-6-10-19(17)28(2)22(24)30/h3-10H,11,13H2,1-2H3/b20-15+/t23-,24-/m0/s1. The summed E-state index contributed by atoms with van der Waals surface area (Å²) < 4.78 is 0. The fraction of sp³-hybridized carbons (Fsp3) is 0.250. The maximum Gasteiger partial charge on any atom is 0.259 e. The van der Waals surface area contributed by atoms with Crippen molar-refractivity contribution in [2.45, 2.75) is 18.3 Å². The highest BCUT2D eigenvalue weighted by Crippen LogP contribution is 2.71. The zero-order valence-electron chi connectivity index (χ0n) is 16.6. The molecule has 1 spiro atoms. The molecule has 0 N–H and O–H groups in total. The molecule has 0 saturated heterocycles. The molecule has 1 saturated carbocycles. The third-order valence-corrected chi connectivity index (χ3v) is 6.84. The van der Waals surface area contributed by atoms with E-state index < -0.39 is 10.8 Å².